The summed E-state index contributed by atoms with van der Waals surface area (Å²) in [7, 11) is 0.366. The Balaban J connectivity index is 0.00000341. The number of hydrogen-bond donors (Lipinski definition) is 2. The second kappa shape index (κ2) is 12.8. The van der Waals surface area contributed by atoms with Gasteiger partial charge in [0.2, 0.25) is 10.0 Å². The molecule has 8 nitrogen and oxygen atoms in total. The van der Waals surface area contributed by atoms with Crippen molar-refractivity contribution >= 4 is 40.0 Å². The smallest absolute Gasteiger partial charge is 0.214 e. The Labute approximate surface area is 203 Å². The Morgan fingerprint density at radius 1 is 1.10 bits per heavy atom. The van der Waals surface area contributed by atoms with Crippen LogP contribution in [0.2, 0.25) is 0 Å². The first-order valence-corrected chi connectivity index (χ1v) is 12.4. The third-order valence-electron chi connectivity index (χ3n) is 5.88. The third-order valence-corrected chi connectivity index (χ3v) is 7.83. The first-order valence-electron chi connectivity index (χ1n) is 10.8. The van der Waals surface area contributed by atoms with Gasteiger partial charge in [-0.25, -0.2) is 12.7 Å². The highest BCUT2D eigenvalue weighted by molar-refractivity contribution is 14.0. The molecule has 0 spiro atoms. The van der Waals surface area contributed by atoms with Crippen molar-refractivity contribution in [1.82, 2.24) is 19.8 Å². The number of likely N-dealkylation sites (tertiary alicyclic amines) is 1. The number of nitrogens with zero attached hydrogens (tertiary/aromatic N) is 3. The lowest BCUT2D eigenvalue weighted by molar-refractivity contribution is 0.164. The van der Waals surface area contributed by atoms with Crippen LogP contribution in [0.15, 0.2) is 29.3 Å². The van der Waals surface area contributed by atoms with E-state index >= 15 is 0 Å². The number of rotatable bonds is 8. The van der Waals surface area contributed by atoms with Crippen molar-refractivity contribution in [3.63, 3.8) is 0 Å². The molecule has 2 saturated heterocycles. The molecule has 2 fully saturated rings. The molecule has 1 aromatic carbocycles. The molecule has 0 bridgehead atoms. The molecular weight excluding hydrogens is 529 g/mol. The van der Waals surface area contributed by atoms with E-state index < -0.39 is 10.0 Å². The number of ether oxygens (including phenoxy) is 1. The number of halogens is 1. The molecule has 3 rings (SSSR count). The minimum Gasteiger partial charge on any atom is -0.497 e. The summed E-state index contributed by atoms with van der Waals surface area (Å²) in [5.74, 6) is 1.82. The van der Waals surface area contributed by atoms with Crippen LogP contribution < -0.4 is 15.4 Å². The highest BCUT2D eigenvalue weighted by Gasteiger charge is 2.27. The number of hydrogen-bond acceptors (Lipinski definition) is 5. The second-order valence-electron chi connectivity index (χ2n) is 7.83. The maximum Gasteiger partial charge on any atom is 0.214 e. The molecule has 2 aliphatic rings. The summed E-state index contributed by atoms with van der Waals surface area (Å²) in [4.78, 5) is 6.84. The van der Waals surface area contributed by atoms with Gasteiger partial charge in [0.25, 0.3) is 0 Å². The molecule has 2 aliphatic heterocycles. The molecule has 31 heavy (non-hydrogen) atoms. The number of guanidine groups is 1. The number of methoxy groups -OCH3 is 1. The van der Waals surface area contributed by atoms with Gasteiger partial charge in [-0.1, -0.05) is 18.6 Å². The van der Waals surface area contributed by atoms with E-state index in [1.54, 1.807) is 18.5 Å². The molecule has 1 aromatic rings. The van der Waals surface area contributed by atoms with Crippen LogP contribution in [0.3, 0.4) is 0 Å². The summed E-state index contributed by atoms with van der Waals surface area (Å²) in [5.41, 5.74) is 1.25. The average molecular weight is 566 g/mol. The normalized spacial score (nSPS) is 20.6. The Morgan fingerprint density at radius 2 is 1.81 bits per heavy atom. The van der Waals surface area contributed by atoms with E-state index in [2.05, 4.69) is 32.7 Å². The standard InChI is InChI=1S/C21H35N5O3S.HI/c1-22-21(23-11-15-26-14-6-16-30(26,27)28)24-17-20(25-12-4-3-5-13-25)18-7-9-19(29-2)10-8-18;/h7-10,20H,3-6,11-17H2,1-2H3,(H2,22,23,24);1H. The van der Waals surface area contributed by atoms with Crippen molar-refractivity contribution in [2.45, 2.75) is 31.7 Å². The van der Waals surface area contributed by atoms with Gasteiger partial charge in [-0.3, -0.25) is 9.89 Å². The second-order valence-corrected chi connectivity index (χ2v) is 9.92. The highest BCUT2D eigenvalue weighted by Crippen LogP contribution is 2.25. The van der Waals surface area contributed by atoms with E-state index in [1.807, 2.05) is 12.1 Å². The van der Waals surface area contributed by atoms with Crippen LogP contribution in [0.4, 0.5) is 0 Å². The lowest BCUT2D eigenvalue weighted by atomic mass is 10.0. The van der Waals surface area contributed by atoms with E-state index in [1.165, 1.54) is 24.8 Å². The van der Waals surface area contributed by atoms with Gasteiger partial charge in [-0.2, -0.15) is 0 Å². The Hall–Kier alpha value is -1.11. The van der Waals surface area contributed by atoms with Crippen LogP contribution in [-0.4, -0.2) is 82.8 Å². The van der Waals surface area contributed by atoms with Gasteiger partial charge in [0.1, 0.15) is 5.75 Å². The molecule has 0 aliphatic carbocycles. The molecule has 1 unspecified atom stereocenters. The lowest BCUT2D eigenvalue weighted by Gasteiger charge is -2.35. The zero-order chi connectivity index (χ0) is 21.4. The predicted molar refractivity (Wildman–Crippen MR) is 136 cm³/mol. The number of nitrogens with one attached hydrogen (secondary N) is 2. The van der Waals surface area contributed by atoms with E-state index in [9.17, 15) is 8.42 Å². The molecule has 1 atom stereocenters. The minimum atomic E-state index is -3.06. The fraction of sp³-hybridized carbons (Fsp3) is 0.667. The van der Waals surface area contributed by atoms with Crippen molar-refractivity contribution in [2.75, 3.05) is 59.2 Å². The lowest BCUT2D eigenvalue weighted by Crippen LogP contribution is -2.46. The van der Waals surface area contributed by atoms with E-state index in [0.717, 1.165) is 25.4 Å². The Kier molecular flexibility index (Phi) is 10.8. The maximum atomic E-state index is 11.9. The SMILES string of the molecule is CN=C(NCCN1CCCS1(=O)=O)NCC(c1ccc(OC)cc1)N1CCCCC1.I. The molecule has 2 N–H and O–H groups in total. The molecular formula is C21H36IN5O3S. The number of benzene rings is 1. The van der Waals surface area contributed by atoms with Gasteiger partial charge in [-0.15, -0.1) is 24.0 Å². The fourth-order valence-electron chi connectivity index (χ4n) is 4.17. The van der Waals surface area contributed by atoms with Gasteiger partial charge >= 0.3 is 0 Å². The first kappa shape index (κ1) is 26.1. The minimum absolute atomic E-state index is 0. The van der Waals surface area contributed by atoms with Crippen molar-refractivity contribution in [3.8, 4) is 5.75 Å². The molecule has 0 saturated carbocycles. The monoisotopic (exact) mass is 565 g/mol. The summed E-state index contributed by atoms with van der Waals surface area (Å²) in [6.07, 6.45) is 4.46. The van der Waals surface area contributed by atoms with Crippen molar-refractivity contribution in [3.05, 3.63) is 29.8 Å². The van der Waals surface area contributed by atoms with Gasteiger partial charge < -0.3 is 15.4 Å². The van der Waals surface area contributed by atoms with Crippen LogP contribution in [0, 0.1) is 0 Å². The highest BCUT2D eigenvalue weighted by atomic mass is 127. The van der Waals surface area contributed by atoms with Crippen molar-refractivity contribution in [2.24, 2.45) is 4.99 Å². The molecule has 0 amide bonds. The van der Waals surface area contributed by atoms with Crippen LogP contribution in [0.5, 0.6) is 5.75 Å². The quantitative estimate of drug-likeness (QED) is 0.285. The van der Waals surface area contributed by atoms with Crippen molar-refractivity contribution in [1.29, 1.82) is 0 Å². The zero-order valence-electron chi connectivity index (χ0n) is 18.5. The van der Waals surface area contributed by atoms with Crippen molar-refractivity contribution < 1.29 is 13.2 Å². The number of sulfonamides is 1. The molecule has 0 radical (unpaired) electrons. The molecule has 0 aromatic heterocycles. The van der Waals surface area contributed by atoms with Gasteiger partial charge in [0.05, 0.1) is 18.9 Å². The topological polar surface area (TPSA) is 86.3 Å². The van der Waals surface area contributed by atoms with Gasteiger partial charge in [0.15, 0.2) is 5.96 Å². The number of piperidine rings is 1. The summed E-state index contributed by atoms with van der Waals surface area (Å²) in [5, 5.41) is 6.69. The van der Waals surface area contributed by atoms with E-state index in [0.29, 0.717) is 32.0 Å². The van der Waals surface area contributed by atoms with E-state index in [4.69, 9.17) is 4.74 Å². The number of aliphatic imine (C=N–C) groups is 1. The molecule has 2 heterocycles. The molecule has 176 valence electrons. The average Bonchev–Trinajstić information content (AvgIpc) is 3.11. The zero-order valence-corrected chi connectivity index (χ0v) is 21.7. The largest absolute Gasteiger partial charge is 0.497 e. The predicted octanol–water partition coefficient (Wildman–Crippen LogP) is 2.04. The van der Waals surface area contributed by atoms with E-state index in [-0.39, 0.29) is 35.8 Å². The Morgan fingerprint density at radius 3 is 2.39 bits per heavy atom. The van der Waals surface area contributed by atoms with Crippen LogP contribution in [0.25, 0.3) is 0 Å². The summed E-state index contributed by atoms with van der Waals surface area (Å²) < 4.78 is 30.7. The maximum absolute atomic E-state index is 11.9. The van der Waals surface area contributed by atoms with Gasteiger partial charge in [-0.05, 0) is 50.0 Å². The van der Waals surface area contributed by atoms with Crippen LogP contribution >= 0.6 is 24.0 Å². The van der Waals surface area contributed by atoms with Crippen LogP contribution in [0.1, 0.15) is 37.3 Å². The third kappa shape index (κ3) is 7.47. The fourth-order valence-corrected chi connectivity index (χ4v) is 5.70. The Bertz CT molecular complexity index is 798. The molecule has 10 heteroatoms. The first-order chi connectivity index (χ1) is 14.5. The summed E-state index contributed by atoms with van der Waals surface area (Å²) in [6.45, 7) is 4.54. The van der Waals surface area contributed by atoms with Crippen LogP contribution in [-0.2, 0) is 10.0 Å². The summed E-state index contributed by atoms with van der Waals surface area (Å²) >= 11 is 0. The summed E-state index contributed by atoms with van der Waals surface area (Å²) in [6, 6.07) is 8.53. The van der Waals surface area contributed by atoms with Gasteiger partial charge in [0, 0.05) is 33.2 Å².